The Morgan fingerprint density at radius 1 is 1.33 bits per heavy atom. The molecule has 1 rings (SSSR count). The molecule has 0 aliphatic carbocycles. The summed E-state index contributed by atoms with van der Waals surface area (Å²) in [7, 11) is -0.445. The Balaban J connectivity index is 3.37. The quantitative estimate of drug-likeness (QED) is 0.831. The number of nitrogens with zero attached hydrogens (tertiary/aromatic N) is 1. The molecule has 0 saturated carbocycles. The van der Waals surface area contributed by atoms with Gasteiger partial charge in [-0.1, -0.05) is 12.1 Å². The Labute approximate surface area is 90.2 Å². The number of benzene rings is 1. The van der Waals surface area contributed by atoms with Crippen molar-refractivity contribution in [3.05, 3.63) is 29.3 Å². The van der Waals surface area contributed by atoms with E-state index < -0.39 is 10.0 Å². The third kappa shape index (κ3) is 2.37. The van der Waals surface area contributed by atoms with Gasteiger partial charge in [0.15, 0.2) is 0 Å². The molecule has 0 spiro atoms. The predicted molar refractivity (Wildman–Crippen MR) is 58.0 cm³/mol. The van der Waals surface area contributed by atoms with Gasteiger partial charge in [-0.05, 0) is 24.1 Å². The van der Waals surface area contributed by atoms with Gasteiger partial charge in [-0.3, -0.25) is 0 Å². The standard InChI is InChI=1S/C10H15NO3S/c1-8-4-5-9(7-12)6-10(8)15(13,14)11(2)3/h4-6,12H,7H2,1-3H3. The van der Waals surface area contributed by atoms with Crippen molar-refractivity contribution in [2.75, 3.05) is 14.1 Å². The Bertz CT molecular complexity index is 452. The highest BCUT2D eigenvalue weighted by Gasteiger charge is 2.19. The van der Waals surface area contributed by atoms with Crippen LogP contribution in [0.15, 0.2) is 23.1 Å². The summed E-state index contributed by atoms with van der Waals surface area (Å²) in [5.74, 6) is 0. The molecule has 0 aliphatic rings. The Morgan fingerprint density at radius 3 is 2.40 bits per heavy atom. The van der Waals surface area contributed by atoms with E-state index in [1.807, 2.05) is 0 Å². The molecule has 1 aromatic rings. The van der Waals surface area contributed by atoms with Crippen LogP contribution in [0.1, 0.15) is 11.1 Å². The molecule has 0 bridgehead atoms. The first kappa shape index (κ1) is 12.2. The van der Waals surface area contributed by atoms with Gasteiger partial charge in [0.05, 0.1) is 11.5 Å². The number of sulfonamides is 1. The van der Waals surface area contributed by atoms with Crippen LogP contribution in [0.25, 0.3) is 0 Å². The minimum atomic E-state index is -3.42. The van der Waals surface area contributed by atoms with Crippen LogP contribution in [0.3, 0.4) is 0 Å². The van der Waals surface area contributed by atoms with Gasteiger partial charge in [0, 0.05) is 14.1 Å². The minimum Gasteiger partial charge on any atom is -0.392 e. The third-order valence-corrected chi connectivity index (χ3v) is 4.15. The summed E-state index contributed by atoms with van der Waals surface area (Å²) in [4.78, 5) is 0.249. The highest BCUT2D eigenvalue weighted by molar-refractivity contribution is 7.89. The number of aliphatic hydroxyl groups is 1. The SMILES string of the molecule is Cc1ccc(CO)cc1S(=O)(=O)N(C)C. The zero-order valence-electron chi connectivity index (χ0n) is 9.06. The molecule has 0 heterocycles. The molecule has 0 saturated heterocycles. The van der Waals surface area contributed by atoms with Gasteiger partial charge in [-0.2, -0.15) is 0 Å². The number of hydrogen-bond donors (Lipinski definition) is 1. The summed E-state index contributed by atoms with van der Waals surface area (Å²) in [6, 6.07) is 4.91. The summed E-state index contributed by atoms with van der Waals surface area (Å²) >= 11 is 0. The van der Waals surface area contributed by atoms with E-state index in [1.165, 1.54) is 20.2 Å². The van der Waals surface area contributed by atoms with E-state index in [1.54, 1.807) is 19.1 Å². The van der Waals surface area contributed by atoms with E-state index in [0.29, 0.717) is 11.1 Å². The summed E-state index contributed by atoms with van der Waals surface area (Å²) in [6.07, 6.45) is 0. The number of hydrogen-bond acceptors (Lipinski definition) is 3. The summed E-state index contributed by atoms with van der Waals surface area (Å²) < 4.78 is 24.9. The lowest BCUT2D eigenvalue weighted by atomic mass is 10.2. The molecule has 84 valence electrons. The first-order chi connectivity index (χ1) is 6.89. The lowest BCUT2D eigenvalue weighted by Gasteiger charge is -2.14. The van der Waals surface area contributed by atoms with Crippen LogP contribution < -0.4 is 0 Å². The fraction of sp³-hybridized carbons (Fsp3) is 0.400. The summed E-state index contributed by atoms with van der Waals surface area (Å²) in [5.41, 5.74) is 1.28. The zero-order chi connectivity index (χ0) is 11.6. The Morgan fingerprint density at radius 2 is 1.93 bits per heavy atom. The van der Waals surface area contributed by atoms with Gasteiger partial charge in [0.25, 0.3) is 0 Å². The van der Waals surface area contributed by atoms with Crippen LogP contribution >= 0.6 is 0 Å². The predicted octanol–water partition coefficient (Wildman–Crippen LogP) is 0.738. The maximum Gasteiger partial charge on any atom is 0.242 e. The molecule has 0 aromatic heterocycles. The van der Waals surface area contributed by atoms with E-state index in [2.05, 4.69) is 0 Å². The Kier molecular flexibility index (Phi) is 3.49. The highest BCUT2D eigenvalue weighted by Crippen LogP contribution is 2.19. The van der Waals surface area contributed by atoms with Gasteiger partial charge in [-0.15, -0.1) is 0 Å². The summed E-state index contributed by atoms with van der Waals surface area (Å²) in [6.45, 7) is 1.58. The molecule has 1 N–H and O–H groups in total. The van der Waals surface area contributed by atoms with Crippen molar-refractivity contribution in [3.63, 3.8) is 0 Å². The average Bonchev–Trinajstić information content (AvgIpc) is 2.18. The average molecular weight is 229 g/mol. The van der Waals surface area contributed by atoms with E-state index in [-0.39, 0.29) is 11.5 Å². The van der Waals surface area contributed by atoms with Crippen LogP contribution in [-0.2, 0) is 16.6 Å². The fourth-order valence-corrected chi connectivity index (χ4v) is 2.39. The van der Waals surface area contributed by atoms with E-state index in [9.17, 15) is 8.42 Å². The monoisotopic (exact) mass is 229 g/mol. The lowest BCUT2D eigenvalue weighted by Crippen LogP contribution is -2.23. The van der Waals surface area contributed by atoms with E-state index in [0.717, 1.165) is 4.31 Å². The van der Waals surface area contributed by atoms with Crippen LogP contribution in [0, 0.1) is 6.92 Å². The highest BCUT2D eigenvalue weighted by atomic mass is 32.2. The van der Waals surface area contributed by atoms with Crippen molar-refractivity contribution in [2.45, 2.75) is 18.4 Å². The van der Waals surface area contributed by atoms with Gasteiger partial charge in [0.2, 0.25) is 10.0 Å². The normalized spacial score (nSPS) is 12.1. The number of aliphatic hydroxyl groups excluding tert-OH is 1. The Hall–Kier alpha value is -0.910. The first-order valence-electron chi connectivity index (χ1n) is 4.52. The van der Waals surface area contributed by atoms with Crippen LogP contribution in [0.4, 0.5) is 0 Å². The maximum atomic E-state index is 11.9. The molecule has 15 heavy (non-hydrogen) atoms. The molecule has 0 fully saturated rings. The van der Waals surface area contributed by atoms with Crippen LogP contribution in [0.2, 0.25) is 0 Å². The van der Waals surface area contributed by atoms with Crippen molar-refractivity contribution in [3.8, 4) is 0 Å². The topological polar surface area (TPSA) is 57.6 Å². The number of rotatable bonds is 3. The molecule has 0 aliphatic heterocycles. The van der Waals surface area contributed by atoms with Gasteiger partial charge in [-0.25, -0.2) is 12.7 Å². The second kappa shape index (κ2) is 4.30. The van der Waals surface area contributed by atoms with Crippen LogP contribution in [0.5, 0.6) is 0 Å². The maximum absolute atomic E-state index is 11.9. The summed E-state index contributed by atoms with van der Waals surface area (Å²) in [5, 5.41) is 8.95. The first-order valence-corrected chi connectivity index (χ1v) is 5.96. The molecular weight excluding hydrogens is 214 g/mol. The van der Waals surface area contributed by atoms with Crippen LogP contribution in [-0.4, -0.2) is 31.9 Å². The fourth-order valence-electron chi connectivity index (χ4n) is 1.22. The van der Waals surface area contributed by atoms with Gasteiger partial charge >= 0.3 is 0 Å². The van der Waals surface area contributed by atoms with Crippen molar-refractivity contribution in [1.29, 1.82) is 0 Å². The van der Waals surface area contributed by atoms with Gasteiger partial charge in [0.1, 0.15) is 0 Å². The zero-order valence-corrected chi connectivity index (χ0v) is 9.87. The van der Waals surface area contributed by atoms with E-state index >= 15 is 0 Å². The van der Waals surface area contributed by atoms with Crippen molar-refractivity contribution >= 4 is 10.0 Å². The van der Waals surface area contributed by atoms with Gasteiger partial charge < -0.3 is 5.11 Å². The van der Waals surface area contributed by atoms with Crippen molar-refractivity contribution < 1.29 is 13.5 Å². The molecule has 0 amide bonds. The lowest BCUT2D eigenvalue weighted by molar-refractivity contribution is 0.281. The molecule has 0 atom stereocenters. The molecule has 4 nitrogen and oxygen atoms in total. The third-order valence-electron chi connectivity index (χ3n) is 2.19. The molecule has 5 heteroatoms. The molecular formula is C10H15NO3S. The second-order valence-corrected chi connectivity index (χ2v) is 5.67. The largest absolute Gasteiger partial charge is 0.392 e. The van der Waals surface area contributed by atoms with Crippen molar-refractivity contribution in [2.24, 2.45) is 0 Å². The smallest absolute Gasteiger partial charge is 0.242 e. The number of aryl methyl sites for hydroxylation is 1. The molecule has 1 aromatic carbocycles. The van der Waals surface area contributed by atoms with E-state index in [4.69, 9.17) is 5.11 Å². The van der Waals surface area contributed by atoms with Crippen molar-refractivity contribution in [1.82, 2.24) is 4.31 Å². The molecule has 0 radical (unpaired) electrons. The molecule has 0 unspecified atom stereocenters. The second-order valence-electron chi connectivity index (χ2n) is 3.55. The minimum absolute atomic E-state index is 0.157.